The van der Waals surface area contributed by atoms with E-state index in [1.54, 1.807) is 0 Å². The third kappa shape index (κ3) is 2.70. The second-order valence-corrected chi connectivity index (χ2v) is 6.20. The van der Waals surface area contributed by atoms with Crippen LogP contribution in [-0.2, 0) is 10.1 Å². The molecule has 1 unspecified atom stereocenters. The molecule has 110 valence electrons. The maximum absolute atomic E-state index is 13.9. The molecule has 1 saturated heterocycles. The van der Waals surface area contributed by atoms with Crippen LogP contribution in [0.3, 0.4) is 0 Å². The lowest BCUT2D eigenvalue weighted by Gasteiger charge is -2.46. The third-order valence-corrected chi connectivity index (χ3v) is 4.86. The number of hydrogen-bond acceptors (Lipinski definition) is 2. The summed E-state index contributed by atoms with van der Waals surface area (Å²) in [4.78, 5) is 0. The Hall–Kier alpha value is -0.680. The van der Waals surface area contributed by atoms with E-state index in [-0.39, 0.29) is 17.5 Å². The van der Waals surface area contributed by atoms with E-state index in [0.29, 0.717) is 23.9 Å². The van der Waals surface area contributed by atoms with Crippen LogP contribution in [0, 0.1) is 11.6 Å². The molecular formula is C15H17BrF2O2. The SMILES string of the molecule is Fc1cc(CBr)cc(F)c1OC1CCOC2(CCC2)C1. The molecule has 20 heavy (non-hydrogen) atoms. The van der Waals surface area contributed by atoms with Gasteiger partial charge in [-0.1, -0.05) is 15.9 Å². The van der Waals surface area contributed by atoms with Crippen molar-refractivity contribution in [1.29, 1.82) is 0 Å². The topological polar surface area (TPSA) is 18.5 Å². The number of halogens is 3. The van der Waals surface area contributed by atoms with E-state index < -0.39 is 11.6 Å². The molecule has 0 bridgehead atoms. The van der Waals surface area contributed by atoms with Gasteiger partial charge >= 0.3 is 0 Å². The zero-order valence-electron chi connectivity index (χ0n) is 11.1. The lowest BCUT2D eigenvalue weighted by Crippen LogP contribution is -2.48. The summed E-state index contributed by atoms with van der Waals surface area (Å²) in [7, 11) is 0. The average molecular weight is 347 g/mol. The summed E-state index contributed by atoms with van der Waals surface area (Å²) in [6.07, 6.45) is 4.46. The molecule has 2 fully saturated rings. The second-order valence-electron chi connectivity index (χ2n) is 5.64. The highest BCUT2D eigenvalue weighted by Gasteiger charge is 2.43. The molecule has 2 aliphatic rings. The van der Waals surface area contributed by atoms with Crippen molar-refractivity contribution in [2.45, 2.75) is 49.1 Å². The second kappa shape index (κ2) is 5.60. The van der Waals surface area contributed by atoms with Crippen LogP contribution in [0.15, 0.2) is 12.1 Å². The van der Waals surface area contributed by atoms with Gasteiger partial charge in [0.1, 0.15) is 6.10 Å². The van der Waals surface area contributed by atoms with Gasteiger partial charge in [-0.2, -0.15) is 0 Å². The van der Waals surface area contributed by atoms with E-state index >= 15 is 0 Å². The molecule has 1 saturated carbocycles. The molecule has 1 aromatic rings. The lowest BCUT2D eigenvalue weighted by atomic mass is 9.74. The minimum atomic E-state index is -0.631. The van der Waals surface area contributed by atoms with E-state index in [4.69, 9.17) is 9.47 Å². The summed E-state index contributed by atoms with van der Waals surface area (Å²) in [6.45, 7) is 0.605. The predicted molar refractivity (Wildman–Crippen MR) is 75.2 cm³/mol. The fourth-order valence-corrected chi connectivity index (χ4v) is 3.30. The Morgan fingerprint density at radius 3 is 2.55 bits per heavy atom. The third-order valence-electron chi connectivity index (χ3n) is 4.21. The quantitative estimate of drug-likeness (QED) is 0.758. The van der Waals surface area contributed by atoms with E-state index in [0.717, 1.165) is 25.7 Å². The highest BCUT2D eigenvalue weighted by Crippen LogP contribution is 2.43. The maximum atomic E-state index is 13.9. The van der Waals surface area contributed by atoms with Crippen LogP contribution in [0.2, 0.25) is 0 Å². The van der Waals surface area contributed by atoms with Gasteiger partial charge in [-0.3, -0.25) is 0 Å². The lowest BCUT2D eigenvalue weighted by molar-refractivity contribution is -0.154. The zero-order chi connectivity index (χ0) is 14.2. The molecule has 1 atom stereocenters. The van der Waals surface area contributed by atoms with Crippen LogP contribution in [0.25, 0.3) is 0 Å². The van der Waals surface area contributed by atoms with Gasteiger partial charge in [0.05, 0.1) is 12.2 Å². The van der Waals surface area contributed by atoms with Crippen molar-refractivity contribution in [3.8, 4) is 5.75 Å². The van der Waals surface area contributed by atoms with Gasteiger partial charge in [-0.05, 0) is 37.0 Å². The van der Waals surface area contributed by atoms with Crippen molar-refractivity contribution in [2.24, 2.45) is 0 Å². The van der Waals surface area contributed by atoms with Gasteiger partial charge in [0, 0.05) is 18.2 Å². The Morgan fingerprint density at radius 1 is 1.30 bits per heavy atom. The standard InChI is InChI=1S/C15H17BrF2O2/c16-9-10-6-12(17)14(13(18)7-10)20-11-2-5-19-15(8-11)3-1-4-15/h6-7,11H,1-5,8-9H2. The summed E-state index contributed by atoms with van der Waals surface area (Å²) in [5, 5.41) is 0.418. The Labute approximate surface area is 125 Å². The van der Waals surface area contributed by atoms with Crippen molar-refractivity contribution in [3.63, 3.8) is 0 Å². The smallest absolute Gasteiger partial charge is 0.191 e. The molecule has 5 heteroatoms. The van der Waals surface area contributed by atoms with Crippen LogP contribution < -0.4 is 4.74 Å². The van der Waals surface area contributed by atoms with Crippen molar-refractivity contribution < 1.29 is 18.3 Å². The van der Waals surface area contributed by atoms with E-state index in [1.165, 1.54) is 12.1 Å². The molecular weight excluding hydrogens is 330 g/mol. The number of benzene rings is 1. The van der Waals surface area contributed by atoms with E-state index in [2.05, 4.69) is 15.9 Å². The fourth-order valence-electron chi connectivity index (χ4n) is 2.97. The van der Waals surface area contributed by atoms with Crippen LogP contribution in [0.4, 0.5) is 8.78 Å². The minimum absolute atomic E-state index is 0.0916. The van der Waals surface area contributed by atoms with E-state index in [1.807, 2.05) is 0 Å². The van der Waals surface area contributed by atoms with Gasteiger partial charge in [0.25, 0.3) is 0 Å². The molecule has 1 heterocycles. The van der Waals surface area contributed by atoms with Gasteiger partial charge in [-0.15, -0.1) is 0 Å². The van der Waals surface area contributed by atoms with Gasteiger partial charge < -0.3 is 9.47 Å². The first-order valence-electron chi connectivity index (χ1n) is 6.96. The van der Waals surface area contributed by atoms with Crippen LogP contribution >= 0.6 is 15.9 Å². The number of rotatable bonds is 3. The molecule has 0 radical (unpaired) electrons. The predicted octanol–water partition coefficient (Wildman–Crippen LogP) is 4.34. The highest BCUT2D eigenvalue weighted by molar-refractivity contribution is 9.08. The Kier molecular flexibility index (Phi) is 4.00. The summed E-state index contributed by atoms with van der Waals surface area (Å²) >= 11 is 3.19. The first kappa shape index (κ1) is 14.3. The summed E-state index contributed by atoms with van der Waals surface area (Å²) in [6, 6.07) is 2.62. The Balaban J connectivity index is 1.74. The van der Waals surface area contributed by atoms with Crippen molar-refractivity contribution >= 4 is 15.9 Å². The first-order chi connectivity index (χ1) is 9.62. The molecule has 1 aliphatic heterocycles. The molecule has 2 nitrogen and oxygen atoms in total. The summed E-state index contributed by atoms with van der Waals surface area (Å²) < 4.78 is 39.2. The van der Waals surface area contributed by atoms with Crippen molar-refractivity contribution in [3.05, 3.63) is 29.3 Å². The van der Waals surface area contributed by atoms with Crippen LogP contribution in [-0.4, -0.2) is 18.3 Å². The normalized spacial score (nSPS) is 24.4. The van der Waals surface area contributed by atoms with Gasteiger partial charge in [0.2, 0.25) is 0 Å². The van der Waals surface area contributed by atoms with Crippen molar-refractivity contribution in [1.82, 2.24) is 0 Å². The summed E-state index contributed by atoms with van der Waals surface area (Å²) in [5.41, 5.74) is 0.473. The fraction of sp³-hybridized carbons (Fsp3) is 0.600. The highest BCUT2D eigenvalue weighted by atomic mass is 79.9. The number of alkyl halides is 1. The van der Waals surface area contributed by atoms with Crippen molar-refractivity contribution in [2.75, 3.05) is 6.61 Å². The molecule has 1 spiro atoms. The number of ether oxygens (including phenoxy) is 2. The largest absolute Gasteiger partial charge is 0.484 e. The average Bonchev–Trinajstić information content (AvgIpc) is 2.41. The molecule has 1 aliphatic carbocycles. The Morgan fingerprint density at radius 2 is 2.00 bits per heavy atom. The summed E-state index contributed by atoms with van der Waals surface area (Å²) in [5.74, 6) is -1.52. The minimum Gasteiger partial charge on any atom is -0.484 e. The molecule has 0 amide bonds. The number of hydrogen-bond donors (Lipinski definition) is 0. The monoisotopic (exact) mass is 346 g/mol. The molecule has 0 aromatic heterocycles. The van der Waals surface area contributed by atoms with Gasteiger partial charge in [-0.25, -0.2) is 8.78 Å². The van der Waals surface area contributed by atoms with Gasteiger partial charge in [0.15, 0.2) is 17.4 Å². The van der Waals surface area contributed by atoms with E-state index in [9.17, 15) is 8.78 Å². The molecule has 0 N–H and O–H groups in total. The van der Waals surface area contributed by atoms with Crippen LogP contribution in [0.1, 0.15) is 37.7 Å². The maximum Gasteiger partial charge on any atom is 0.191 e. The molecule has 1 aromatic carbocycles. The van der Waals surface area contributed by atoms with Crippen LogP contribution in [0.5, 0.6) is 5.75 Å². The Bertz CT molecular complexity index is 480. The zero-order valence-corrected chi connectivity index (χ0v) is 12.7. The first-order valence-corrected chi connectivity index (χ1v) is 8.08. The molecule has 3 rings (SSSR count).